The molecule has 0 aliphatic carbocycles. The quantitative estimate of drug-likeness (QED) is 0.541. The number of aromatic amines is 1. The third-order valence-electron chi connectivity index (χ3n) is 3.46. The molecule has 0 aliphatic rings. The fraction of sp³-hybridized carbons (Fsp3) is 0. The Hall–Kier alpha value is -3.05. The summed E-state index contributed by atoms with van der Waals surface area (Å²) in [6.45, 7) is 0. The minimum Gasteiger partial charge on any atom is -0.439 e. The second-order valence-electron chi connectivity index (χ2n) is 5.18. The highest BCUT2D eigenvalue weighted by Gasteiger charge is 2.04. The first-order valence-corrected chi connectivity index (χ1v) is 7.75. The molecule has 4 aromatic rings. The predicted octanol–water partition coefficient (Wildman–Crippen LogP) is 5.15. The van der Waals surface area contributed by atoms with Crippen molar-refractivity contribution in [3.05, 3.63) is 72.0 Å². The molecule has 5 nitrogen and oxygen atoms in total. The van der Waals surface area contributed by atoms with Crippen molar-refractivity contribution < 1.29 is 4.74 Å². The molecule has 2 heterocycles. The van der Waals surface area contributed by atoms with Gasteiger partial charge in [0, 0.05) is 40.1 Å². The number of anilines is 2. The highest BCUT2D eigenvalue weighted by Crippen LogP contribution is 2.25. The van der Waals surface area contributed by atoms with E-state index >= 15 is 0 Å². The molecule has 0 unspecified atom stereocenters. The summed E-state index contributed by atoms with van der Waals surface area (Å²) < 4.78 is 5.83. The number of hydrogen-bond donors (Lipinski definition) is 2. The Labute approximate surface area is 143 Å². The van der Waals surface area contributed by atoms with E-state index in [0.717, 1.165) is 22.3 Å². The van der Waals surface area contributed by atoms with Crippen molar-refractivity contribution in [2.75, 3.05) is 5.32 Å². The summed E-state index contributed by atoms with van der Waals surface area (Å²) >= 11 is 5.98. The van der Waals surface area contributed by atoms with Gasteiger partial charge in [0.1, 0.15) is 5.75 Å². The topological polar surface area (TPSA) is 62.8 Å². The Bertz CT molecular complexity index is 999. The van der Waals surface area contributed by atoms with Crippen LogP contribution in [-0.4, -0.2) is 15.0 Å². The maximum atomic E-state index is 5.98. The average molecular weight is 337 g/mol. The normalized spacial score (nSPS) is 10.7. The minimum atomic E-state index is 0.442. The highest BCUT2D eigenvalue weighted by atomic mass is 35.5. The van der Waals surface area contributed by atoms with Crippen LogP contribution in [0, 0.1) is 0 Å². The number of aromatic nitrogens is 3. The molecule has 24 heavy (non-hydrogen) atoms. The van der Waals surface area contributed by atoms with Crippen LogP contribution in [0.15, 0.2) is 67.0 Å². The van der Waals surface area contributed by atoms with E-state index in [4.69, 9.17) is 16.3 Å². The standard InChI is InChI=1S/C18H13ClN4O/c19-13-2-1-3-14(11-13)22-18-21-9-7-17(23-18)24-15-4-5-16-12(10-15)6-8-20-16/h1-11,20H,(H,21,22,23). The van der Waals surface area contributed by atoms with Crippen LogP contribution in [0.3, 0.4) is 0 Å². The van der Waals surface area contributed by atoms with E-state index in [1.165, 1.54) is 0 Å². The van der Waals surface area contributed by atoms with E-state index < -0.39 is 0 Å². The molecular weight excluding hydrogens is 324 g/mol. The number of halogens is 1. The smallest absolute Gasteiger partial charge is 0.230 e. The molecule has 0 bridgehead atoms. The number of benzene rings is 2. The molecule has 0 saturated heterocycles. The monoisotopic (exact) mass is 336 g/mol. The van der Waals surface area contributed by atoms with E-state index in [1.54, 1.807) is 18.3 Å². The fourth-order valence-corrected chi connectivity index (χ4v) is 2.56. The summed E-state index contributed by atoms with van der Waals surface area (Å²) in [4.78, 5) is 11.7. The summed E-state index contributed by atoms with van der Waals surface area (Å²) in [7, 11) is 0. The second kappa shape index (κ2) is 6.22. The lowest BCUT2D eigenvalue weighted by molar-refractivity contribution is 0.463. The third-order valence-corrected chi connectivity index (χ3v) is 3.69. The van der Waals surface area contributed by atoms with Gasteiger partial charge in [0.25, 0.3) is 0 Å². The lowest BCUT2D eigenvalue weighted by atomic mass is 10.2. The number of nitrogens with zero attached hydrogens (tertiary/aromatic N) is 2. The van der Waals surface area contributed by atoms with Crippen molar-refractivity contribution in [2.24, 2.45) is 0 Å². The first kappa shape index (κ1) is 14.5. The molecule has 6 heteroatoms. The number of H-pyrrole nitrogens is 1. The SMILES string of the molecule is Clc1cccc(Nc2nccc(Oc3ccc4[nH]ccc4c3)n2)c1. The maximum Gasteiger partial charge on any atom is 0.230 e. The Balaban J connectivity index is 1.55. The molecule has 2 aromatic heterocycles. The molecule has 2 aromatic carbocycles. The molecule has 2 N–H and O–H groups in total. The van der Waals surface area contributed by atoms with Crippen LogP contribution in [0.5, 0.6) is 11.6 Å². The number of rotatable bonds is 4. The molecule has 118 valence electrons. The van der Waals surface area contributed by atoms with Crippen LogP contribution < -0.4 is 10.1 Å². The molecular formula is C18H13ClN4O. The lowest BCUT2D eigenvalue weighted by Gasteiger charge is -2.08. The van der Waals surface area contributed by atoms with Gasteiger partial charge in [-0.15, -0.1) is 0 Å². The van der Waals surface area contributed by atoms with E-state index in [0.29, 0.717) is 16.9 Å². The van der Waals surface area contributed by atoms with Gasteiger partial charge in [0.15, 0.2) is 0 Å². The summed E-state index contributed by atoms with van der Waals surface area (Å²) in [6.07, 6.45) is 3.54. The average Bonchev–Trinajstić information content (AvgIpc) is 3.03. The number of ether oxygens (including phenoxy) is 1. The number of nitrogens with one attached hydrogen (secondary N) is 2. The summed E-state index contributed by atoms with van der Waals surface area (Å²) in [5.41, 5.74) is 1.88. The van der Waals surface area contributed by atoms with Crippen molar-refractivity contribution in [1.82, 2.24) is 15.0 Å². The van der Waals surface area contributed by atoms with Crippen molar-refractivity contribution in [2.45, 2.75) is 0 Å². The zero-order valence-corrected chi connectivity index (χ0v) is 13.3. The molecule has 0 atom stereocenters. The molecule has 0 fully saturated rings. The third kappa shape index (κ3) is 3.16. The van der Waals surface area contributed by atoms with Crippen molar-refractivity contribution in [1.29, 1.82) is 0 Å². The van der Waals surface area contributed by atoms with E-state index in [-0.39, 0.29) is 0 Å². The van der Waals surface area contributed by atoms with Crippen LogP contribution >= 0.6 is 11.6 Å². The minimum absolute atomic E-state index is 0.442. The molecule has 0 amide bonds. The van der Waals surface area contributed by atoms with Crippen LogP contribution in [-0.2, 0) is 0 Å². The largest absolute Gasteiger partial charge is 0.439 e. The Morgan fingerprint density at radius 3 is 2.92 bits per heavy atom. The predicted molar refractivity (Wildman–Crippen MR) is 95.1 cm³/mol. The fourth-order valence-electron chi connectivity index (χ4n) is 2.37. The molecule has 0 aliphatic heterocycles. The zero-order valence-electron chi connectivity index (χ0n) is 12.5. The van der Waals surface area contributed by atoms with Crippen LogP contribution in [0.2, 0.25) is 5.02 Å². The molecule has 0 saturated carbocycles. The Kier molecular flexibility index (Phi) is 3.76. The van der Waals surface area contributed by atoms with Gasteiger partial charge in [-0.1, -0.05) is 17.7 Å². The van der Waals surface area contributed by atoms with Gasteiger partial charge in [-0.2, -0.15) is 4.98 Å². The molecule has 0 radical (unpaired) electrons. The first-order chi connectivity index (χ1) is 11.8. The van der Waals surface area contributed by atoms with Gasteiger partial charge in [-0.3, -0.25) is 0 Å². The van der Waals surface area contributed by atoms with Gasteiger partial charge >= 0.3 is 0 Å². The zero-order chi connectivity index (χ0) is 16.4. The van der Waals surface area contributed by atoms with Crippen molar-refractivity contribution >= 4 is 34.1 Å². The van der Waals surface area contributed by atoms with E-state index in [9.17, 15) is 0 Å². The Morgan fingerprint density at radius 1 is 1.04 bits per heavy atom. The maximum absolute atomic E-state index is 5.98. The van der Waals surface area contributed by atoms with Crippen LogP contribution in [0.25, 0.3) is 10.9 Å². The van der Waals surface area contributed by atoms with Gasteiger partial charge in [0.2, 0.25) is 11.8 Å². The molecule has 4 rings (SSSR count). The number of hydrogen-bond acceptors (Lipinski definition) is 4. The number of fused-ring (bicyclic) bond motifs is 1. The highest BCUT2D eigenvalue weighted by molar-refractivity contribution is 6.30. The van der Waals surface area contributed by atoms with Crippen LogP contribution in [0.1, 0.15) is 0 Å². The van der Waals surface area contributed by atoms with Crippen molar-refractivity contribution in [3.8, 4) is 11.6 Å². The van der Waals surface area contributed by atoms with E-state index in [2.05, 4.69) is 20.3 Å². The van der Waals surface area contributed by atoms with Crippen LogP contribution in [0.4, 0.5) is 11.6 Å². The first-order valence-electron chi connectivity index (χ1n) is 7.37. The lowest BCUT2D eigenvalue weighted by Crippen LogP contribution is -1.98. The molecule has 0 spiro atoms. The Morgan fingerprint density at radius 2 is 2.00 bits per heavy atom. The van der Waals surface area contributed by atoms with E-state index in [1.807, 2.05) is 48.7 Å². The van der Waals surface area contributed by atoms with Gasteiger partial charge < -0.3 is 15.0 Å². The summed E-state index contributed by atoms with van der Waals surface area (Å²) in [5, 5.41) is 4.83. The second-order valence-corrected chi connectivity index (χ2v) is 5.62. The summed E-state index contributed by atoms with van der Waals surface area (Å²) in [6, 6.07) is 16.9. The van der Waals surface area contributed by atoms with Gasteiger partial charge in [0.05, 0.1) is 0 Å². The summed E-state index contributed by atoms with van der Waals surface area (Å²) in [5.74, 6) is 1.62. The van der Waals surface area contributed by atoms with Gasteiger partial charge in [-0.25, -0.2) is 4.98 Å². The van der Waals surface area contributed by atoms with Crippen molar-refractivity contribution in [3.63, 3.8) is 0 Å². The van der Waals surface area contributed by atoms with Gasteiger partial charge in [-0.05, 0) is 42.5 Å².